The molecule has 0 aliphatic carbocycles. The van der Waals surface area contributed by atoms with E-state index in [1.54, 1.807) is 0 Å². The van der Waals surface area contributed by atoms with Gasteiger partial charge in [0.2, 0.25) is 0 Å². The fraction of sp³-hybridized carbons (Fsp3) is 0.750. The Balaban J connectivity index is 2.21. The summed E-state index contributed by atoms with van der Waals surface area (Å²) in [6.07, 6.45) is 2.16. The van der Waals surface area contributed by atoms with E-state index in [0.717, 1.165) is 0 Å². The molecule has 1 fully saturated rings. The Morgan fingerprint density at radius 3 is 2.61 bits per heavy atom. The molecule has 0 aromatic carbocycles. The molecule has 2 rings (SSSR count). The number of carbonyl (C=O) groups excluding carboxylic acids is 1. The first-order chi connectivity index (χ1) is 13.2. The number of nitrogens with zero attached hydrogens (tertiary/aromatic N) is 3. The molecule has 158 valence electrons. The van der Waals surface area contributed by atoms with Crippen LogP contribution in [0.3, 0.4) is 0 Å². The molecule has 0 bridgehead atoms. The quantitative estimate of drug-likeness (QED) is 0.695. The van der Waals surface area contributed by atoms with Gasteiger partial charge in [-0.15, -0.1) is 0 Å². The van der Waals surface area contributed by atoms with E-state index in [-0.39, 0.29) is 29.7 Å². The first kappa shape index (κ1) is 22.4. The van der Waals surface area contributed by atoms with Crippen molar-refractivity contribution in [2.75, 3.05) is 44.4 Å². The summed E-state index contributed by atoms with van der Waals surface area (Å²) in [7, 11) is 0. The lowest BCUT2D eigenvalue weighted by Crippen LogP contribution is -2.39. The van der Waals surface area contributed by atoms with Crippen LogP contribution in [0.4, 0.5) is 5.82 Å². The van der Waals surface area contributed by atoms with Crippen molar-refractivity contribution in [1.82, 2.24) is 15.3 Å². The molecule has 1 aliphatic rings. The summed E-state index contributed by atoms with van der Waals surface area (Å²) in [4.78, 5) is 23.6. The molecule has 0 radical (unpaired) electrons. The van der Waals surface area contributed by atoms with Gasteiger partial charge in [0, 0.05) is 13.1 Å². The summed E-state index contributed by atoms with van der Waals surface area (Å²) >= 11 is 0. The largest absolute Gasteiger partial charge is 0.474 e. The second-order valence-corrected chi connectivity index (χ2v) is 8.82. The number of aromatic nitrogens is 2. The van der Waals surface area contributed by atoms with Crippen LogP contribution in [0, 0.1) is 11.3 Å². The fourth-order valence-electron chi connectivity index (χ4n) is 2.86. The van der Waals surface area contributed by atoms with Gasteiger partial charge in [-0.25, -0.2) is 9.97 Å². The number of anilines is 1. The minimum atomic E-state index is -0.360. The Hall–Kier alpha value is -1.93. The molecule has 8 nitrogen and oxygen atoms in total. The predicted octanol–water partition coefficient (Wildman–Crippen LogP) is 1.87. The summed E-state index contributed by atoms with van der Waals surface area (Å²) in [6.45, 7) is 13.3. The highest BCUT2D eigenvalue weighted by atomic mass is 16.5. The van der Waals surface area contributed by atoms with E-state index in [4.69, 9.17) is 9.47 Å². The van der Waals surface area contributed by atoms with Crippen molar-refractivity contribution in [2.24, 2.45) is 11.3 Å². The first-order valence-electron chi connectivity index (χ1n) is 9.94. The summed E-state index contributed by atoms with van der Waals surface area (Å²) in [5.74, 6) is 0.984. The number of morpholine rings is 1. The van der Waals surface area contributed by atoms with Gasteiger partial charge < -0.3 is 24.8 Å². The SMILES string of the molecule is CC(C)C[C@@H](CO)NC(=O)c1cnc(N2CCOCC2)c(OCC(C)(C)C)n1. The van der Waals surface area contributed by atoms with Gasteiger partial charge in [-0.2, -0.15) is 0 Å². The van der Waals surface area contributed by atoms with E-state index in [1.807, 2.05) is 13.8 Å². The van der Waals surface area contributed by atoms with Crippen molar-refractivity contribution in [3.8, 4) is 5.88 Å². The third-order valence-corrected chi connectivity index (χ3v) is 4.22. The Morgan fingerprint density at radius 1 is 1.36 bits per heavy atom. The second-order valence-electron chi connectivity index (χ2n) is 8.82. The van der Waals surface area contributed by atoms with Gasteiger partial charge in [0.05, 0.1) is 38.7 Å². The molecule has 2 N–H and O–H groups in total. The molecule has 1 aromatic heterocycles. The average Bonchev–Trinajstić information content (AvgIpc) is 2.65. The van der Waals surface area contributed by atoms with Crippen LogP contribution in [0.15, 0.2) is 6.20 Å². The van der Waals surface area contributed by atoms with Gasteiger partial charge in [0.15, 0.2) is 11.5 Å². The maximum atomic E-state index is 12.6. The van der Waals surface area contributed by atoms with Gasteiger partial charge in [-0.1, -0.05) is 34.6 Å². The molecule has 0 saturated carbocycles. The van der Waals surface area contributed by atoms with Gasteiger partial charge in [0.25, 0.3) is 11.8 Å². The zero-order valence-corrected chi connectivity index (χ0v) is 17.7. The van der Waals surface area contributed by atoms with Crippen LogP contribution < -0.4 is 15.0 Å². The van der Waals surface area contributed by atoms with Crippen LogP contribution in [0.25, 0.3) is 0 Å². The van der Waals surface area contributed by atoms with Crippen molar-refractivity contribution in [3.05, 3.63) is 11.9 Å². The van der Waals surface area contributed by atoms with Crippen LogP contribution in [0.2, 0.25) is 0 Å². The van der Waals surface area contributed by atoms with Crippen molar-refractivity contribution >= 4 is 11.7 Å². The van der Waals surface area contributed by atoms with Gasteiger partial charge >= 0.3 is 0 Å². The standard InChI is InChI=1S/C20H34N4O4/c1-14(2)10-15(12-25)22-18(26)16-11-21-17(24-6-8-27-9-7-24)19(23-16)28-13-20(3,4)5/h11,14-15,25H,6-10,12-13H2,1-5H3,(H,22,26)/t15-/m0/s1. The molecule has 1 aliphatic heterocycles. The molecular weight excluding hydrogens is 360 g/mol. The fourth-order valence-corrected chi connectivity index (χ4v) is 2.86. The number of nitrogens with one attached hydrogen (secondary N) is 1. The second kappa shape index (κ2) is 10.0. The summed E-state index contributed by atoms with van der Waals surface area (Å²) in [5.41, 5.74) is 0.129. The third-order valence-electron chi connectivity index (χ3n) is 4.22. The normalized spacial score (nSPS) is 16.2. The number of carbonyl (C=O) groups is 1. The Morgan fingerprint density at radius 2 is 2.04 bits per heavy atom. The minimum Gasteiger partial charge on any atom is -0.474 e. The number of hydrogen-bond donors (Lipinski definition) is 2. The van der Waals surface area contributed by atoms with Crippen molar-refractivity contribution in [2.45, 2.75) is 47.1 Å². The number of hydrogen-bond acceptors (Lipinski definition) is 7. The molecule has 28 heavy (non-hydrogen) atoms. The number of ether oxygens (including phenoxy) is 2. The highest BCUT2D eigenvalue weighted by Gasteiger charge is 2.23. The van der Waals surface area contributed by atoms with Gasteiger partial charge in [0.1, 0.15) is 0 Å². The minimum absolute atomic E-state index is 0.0541. The zero-order chi connectivity index (χ0) is 20.7. The number of amides is 1. The summed E-state index contributed by atoms with van der Waals surface area (Å²) in [5, 5.41) is 12.4. The number of rotatable bonds is 8. The predicted molar refractivity (Wildman–Crippen MR) is 108 cm³/mol. The van der Waals surface area contributed by atoms with Crippen LogP contribution in [0.5, 0.6) is 5.88 Å². The smallest absolute Gasteiger partial charge is 0.271 e. The summed E-state index contributed by atoms with van der Waals surface area (Å²) < 4.78 is 11.4. The topological polar surface area (TPSA) is 96.8 Å². The lowest BCUT2D eigenvalue weighted by molar-refractivity contribution is 0.0900. The van der Waals surface area contributed by atoms with Crippen molar-refractivity contribution in [3.63, 3.8) is 0 Å². The molecule has 0 unspecified atom stereocenters. The molecule has 8 heteroatoms. The summed E-state index contributed by atoms with van der Waals surface area (Å²) in [6, 6.07) is -0.313. The molecule has 2 heterocycles. The van der Waals surface area contributed by atoms with E-state index >= 15 is 0 Å². The Labute approximate surface area is 167 Å². The van der Waals surface area contributed by atoms with Gasteiger partial charge in [-0.3, -0.25) is 4.79 Å². The Kier molecular flexibility index (Phi) is 8.00. The zero-order valence-electron chi connectivity index (χ0n) is 17.7. The highest BCUT2D eigenvalue weighted by Crippen LogP contribution is 2.26. The lowest BCUT2D eigenvalue weighted by Gasteiger charge is -2.29. The van der Waals surface area contributed by atoms with Crippen LogP contribution in [0.1, 0.15) is 51.5 Å². The van der Waals surface area contributed by atoms with Crippen LogP contribution in [-0.4, -0.2) is 66.5 Å². The van der Waals surface area contributed by atoms with Crippen molar-refractivity contribution in [1.29, 1.82) is 0 Å². The number of aliphatic hydroxyl groups excluding tert-OH is 1. The molecular formula is C20H34N4O4. The molecule has 0 spiro atoms. The van der Waals surface area contributed by atoms with Crippen molar-refractivity contribution < 1.29 is 19.4 Å². The van der Waals surface area contributed by atoms with E-state index in [9.17, 15) is 9.90 Å². The van der Waals surface area contributed by atoms with Crippen LogP contribution >= 0.6 is 0 Å². The Bertz CT molecular complexity index is 640. The van der Waals surface area contributed by atoms with E-state index in [0.29, 0.717) is 56.9 Å². The monoisotopic (exact) mass is 394 g/mol. The molecule has 1 aromatic rings. The highest BCUT2D eigenvalue weighted by molar-refractivity contribution is 5.92. The van der Waals surface area contributed by atoms with E-state index in [2.05, 4.69) is 41.0 Å². The molecule has 1 atom stereocenters. The van der Waals surface area contributed by atoms with Gasteiger partial charge in [-0.05, 0) is 17.8 Å². The number of aliphatic hydroxyl groups is 1. The van der Waals surface area contributed by atoms with Crippen LogP contribution in [-0.2, 0) is 4.74 Å². The maximum absolute atomic E-state index is 12.6. The maximum Gasteiger partial charge on any atom is 0.271 e. The molecule has 1 amide bonds. The van der Waals surface area contributed by atoms with E-state index < -0.39 is 0 Å². The first-order valence-corrected chi connectivity index (χ1v) is 9.94. The molecule has 1 saturated heterocycles. The average molecular weight is 395 g/mol. The third kappa shape index (κ3) is 6.91. The lowest BCUT2D eigenvalue weighted by atomic mass is 9.99. The van der Waals surface area contributed by atoms with E-state index in [1.165, 1.54) is 6.20 Å².